The molecule has 0 saturated heterocycles. The van der Waals surface area contributed by atoms with Gasteiger partial charge >= 0.3 is 0 Å². The first kappa shape index (κ1) is 19.0. The Hall–Kier alpha value is -4.32. The molecule has 1 aromatic heterocycles. The van der Waals surface area contributed by atoms with Crippen LogP contribution in [0.5, 0.6) is 0 Å². The Kier molecular flexibility index (Phi) is 3.86. The number of fused-ring (bicyclic) bond motifs is 11. The zero-order valence-electron chi connectivity index (χ0n) is 18.8. The highest BCUT2D eigenvalue weighted by Crippen LogP contribution is 2.53. The van der Waals surface area contributed by atoms with Gasteiger partial charge in [0, 0.05) is 31.8 Å². The molecule has 0 saturated carbocycles. The van der Waals surface area contributed by atoms with Gasteiger partial charge in [0.2, 0.25) is 0 Å². The largest absolute Gasteiger partial charge is 0.321 e. The Balaban J connectivity index is 1.51. The van der Waals surface area contributed by atoms with Gasteiger partial charge in [0.1, 0.15) is 6.04 Å². The van der Waals surface area contributed by atoms with Crippen molar-refractivity contribution >= 4 is 53.7 Å². The summed E-state index contributed by atoms with van der Waals surface area (Å²) in [7, 11) is 0. The van der Waals surface area contributed by atoms with Crippen molar-refractivity contribution in [2.45, 2.75) is 6.04 Å². The highest BCUT2D eigenvalue weighted by atomic mass is 32.1. The summed E-state index contributed by atoms with van der Waals surface area (Å²) in [6.07, 6.45) is 2.08. The van der Waals surface area contributed by atoms with Crippen LogP contribution in [0.4, 0.5) is 5.69 Å². The summed E-state index contributed by atoms with van der Waals surface area (Å²) in [5.41, 5.74) is 7.48. The minimum atomic E-state index is -0.0235. The molecule has 0 N–H and O–H groups in total. The van der Waals surface area contributed by atoms with Gasteiger partial charge in [-0.25, -0.2) is 0 Å². The molecule has 1 atom stereocenters. The van der Waals surface area contributed by atoms with Gasteiger partial charge in [-0.3, -0.25) is 0 Å². The SMILES string of the molecule is C1#CC2c3ccc4ccccc4c3-c3cc4sc5ccccc5c4cc3N2C(c2ccccc2)=C1. The van der Waals surface area contributed by atoms with Gasteiger partial charge in [-0.1, -0.05) is 96.8 Å². The summed E-state index contributed by atoms with van der Waals surface area (Å²) in [5, 5.41) is 5.20. The van der Waals surface area contributed by atoms with Gasteiger partial charge < -0.3 is 4.90 Å². The highest BCUT2D eigenvalue weighted by Gasteiger charge is 2.35. The van der Waals surface area contributed by atoms with Crippen molar-refractivity contribution < 1.29 is 0 Å². The Morgan fingerprint density at radius 2 is 1.49 bits per heavy atom. The number of hydrogen-bond donors (Lipinski definition) is 0. The number of nitrogens with zero attached hydrogens (tertiary/aromatic N) is 1. The van der Waals surface area contributed by atoms with Crippen LogP contribution in [0, 0.1) is 11.8 Å². The van der Waals surface area contributed by atoms with Gasteiger partial charge in [0.05, 0.1) is 11.4 Å². The van der Waals surface area contributed by atoms with E-state index in [1.54, 1.807) is 0 Å². The fourth-order valence-corrected chi connectivity index (χ4v) is 6.88. The molecule has 0 radical (unpaired) electrons. The molecule has 0 fully saturated rings. The quantitative estimate of drug-likeness (QED) is 0.221. The molecular weight excluding hydrogens is 442 g/mol. The first-order valence-corrected chi connectivity index (χ1v) is 12.7. The smallest absolute Gasteiger partial charge is 0.122 e. The van der Waals surface area contributed by atoms with Gasteiger partial charge in [0.25, 0.3) is 0 Å². The van der Waals surface area contributed by atoms with Crippen molar-refractivity contribution in [1.29, 1.82) is 0 Å². The molecule has 5 aromatic carbocycles. The van der Waals surface area contributed by atoms with Crippen LogP contribution in [0.3, 0.4) is 0 Å². The van der Waals surface area contributed by atoms with Gasteiger partial charge in [-0.2, -0.15) is 0 Å². The maximum absolute atomic E-state index is 3.56. The second-order valence-corrected chi connectivity index (χ2v) is 10.3. The van der Waals surface area contributed by atoms with Crippen LogP contribution in [0.15, 0.2) is 109 Å². The molecule has 1 unspecified atom stereocenters. The van der Waals surface area contributed by atoms with Crippen LogP contribution >= 0.6 is 11.3 Å². The van der Waals surface area contributed by atoms with Gasteiger partial charge in [-0.15, -0.1) is 11.3 Å². The van der Waals surface area contributed by atoms with Gasteiger partial charge in [0.15, 0.2) is 0 Å². The molecule has 6 aromatic rings. The second-order valence-electron chi connectivity index (χ2n) is 9.17. The van der Waals surface area contributed by atoms with Crippen LogP contribution in [0.2, 0.25) is 0 Å². The van der Waals surface area contributed by atoms with E-state index < -0.39 is 0 Å². The minimum Gasteiger partial charge on any atom is -0.321 e. The predicted octanol–water partition coefficient (Wildman–Crippen LogP) is 8.79. The van der Waals surface area contributed by atoms with Crippen LogP contribution in [0.25, 0.3) is 47.8 Å². The minimum absolute atomic E-state index is 0.0235. The highest BCUT2D eigenvalue weighted by molar-refractivity contribution is 7.25. The lowest BCUT2D eigenvalue weighted by Crippen LogP contribution is -2.31. The first-order chi connectivity index (χ1) is 17.4. The summed E-state index contributed by atoms with van der Waals surface area (Å²) in [4.78, 5) is 2.46. The molecule has 2 aliphatic rings. The van der Waals surface area contributed by atoms with E-state index in [2.05, 4.69) is 126 Å². The molecule has 3 heterocycles. The van der Waals surface area contributed by atoms with Crippen molar-refractivity contribution in [1.82, 2.24) is 0 Å². The van der Waals surface area contributed by atoms with Crippen LogP contribution in [-0.2, 0) is 0 Å². The summed E-state index contributed by atoms with van der Waals surface area (Å²) in [6, 6.07) is 37.5. The number of rotatable bonds is 1. The third kappa shape index (κ3) is 2.65. The van der Waals surface area contributed by atoms with E-state index in [9.17, 15) is 0 Å². The van der Waals surface area contributed by atoms with E-state index in [4.69, 9.17) is 0 Å². The number of allylic oxidation sites excluding steroid dienone is 1. The van der Waals surface area contributed by atoms with Crippen LogP contribution in [0.1, 0.15) is 17.2 Å². The maximum Gasteiger partial charge on any atom is 0.122 e. The maximum atomic E-state index is 3.56. The topological polar surface area (TPSA) is 3.24 Å². The van der Waals surface area contributed by atoms with E-state index in [0.29, 0.717) is 0 Å². The zero-order valence-corrected chi connectivity index (χ0v) is 19.6. The molecule has 0 amide bonds. The normalized spacial score (nSPS) is 15.8. The molecule has 8 rings (SSSR count). The Morgan fingerprint density at radius 1 is 0.686 bits per heavy atom. The fourth-order valence-electron chi connectivity index (χ4n) is 5.76. The average Bonchev–Trinajstić information content (AvgIpc) is 3.29. The molecule has 1 nitrogen and oxygen atoms in total. The van der Waals surface area contributed by atoms with Crippen molar-refractivity contribution in [3.8, 4) is 23.0 Å². The lowest BCUT2D eigenvalue weighted by atomic mass is 9.83. The number of anilines is 1. The fraction of sp³-hybridized carbons (Fsp3) is 0.0303. The molecule has 0 aliphatic carbocycles. The standard InChI is InChI=1S/C33H19NS/c1-2-10-22(11-3-1)28-14-8-15-29-25-18-17-21-9-4-5-12-23(21)33(25)27-20-32-26(19-30(27)34(28)29)24-13-6-7-16-31(24)35-32/h1-7,9-14,16-20,29H. The Bertz CT molecular complexity index is 1910. The van der Waals surface area contributed by atoms with E-state index in [1.165, 1.54) is 58.9 Å². The number of benzene rings is 5. The molecule has 0 spiro atoms. The predicted molar refractivity (Wildman–Crippen MR) is 150 cm³/mol. The first-order valence-electron chi connectivity index (χ1n) is 11.9. The molecule has 2 aliphatic heterocycles. The summed E-state index contributed by atoms with van der Waals surface area (Å²) < 4.78 is 2.66. The zero-order chi connectivity index (χ0) is 22.9. The summed E-state index contributed by atoms with van der Waals surface area (Å²) in [5.74, 6) is 6.93. The lowest BCUT2D eigenvalue weighted by molar-refractivity contribution is 0.871. The monoisotopic (exact) mass is 461 g/mol. The van der Waals surface area contributed by atoms with E-state index in [0.717, 1.165) is 5.70 Å². The van der Waals surface area contributed by atoms with Gasteiger partial charge in [-0.05, 0) is 45.7 Å². The molecular formula is C33H19NS. The van der Waals surface area contributed by atoms with E-state index >= 15 is 0 Å². The Labute approximate surface area is 207 Å². The van der Waals surface area contributed by atoms with Crippen LogP contribution < -0.4 is 4.90 Å². The second kappa shape index (κ2) is 7.09. The summed E-state index contributed by atoms with van der Waals surface area (Å²) in [6.45, 7) is 0. The Morgan fingerprint density at radius 3 is 2.40 bits per heavy atom. The third-order valence-electron chi connectivity index (χ3n) is 7.30. The molecule has 0 bridgehead atoms. The molecule has 2 heteroatoms. The van der Waals surface area contributed by atoms with Crippen molar-refractivity contribution in [3.63, 3.8) is 0 Å². The number of thiophene rings is 1. The average molecular weight is 462 g/mol. The van der Waals surface area contributed by atoms with Crippen LogP contribution in [-0.4, -0.2) is 0 Å². The van der Waals surface area contributed by atoms with Crippen molar-refractivity contribution in [3.05, 3.63) is 120 Å². The third-order valence-corrected chi connectivity index (χ3v) is 8.43. The van der Waals surface area contributed by atoms with Crippen molar-refractivity contribution in [2.75, 3.05) is 4.90 Å². The van der Waals surface area contributed by atoms with Crippen molar-refractivity contribution in [2.24, 2.45) is 0 Å². The molecule has 162 valence electrons. The van der Waals surface area contributed by atoms with E-state index in [-0.39, 0.29) is 6.04 Å². The summed E-state index contributed by atoms with van der Waals surface area (Å²) >= 11 is 1.88. The lowest BCUT2D eigenvalue weighted by Gasteiger charge is -2.40. The van der Waals surface area contributed by atoms with E-state index in [1.807, 2.05) is 11.3 Å². The number of hydrogen-bond acceptors (Lipinski definition) is 2. The molecule has 35 heavy (non-hydrogen) atoms.